The van der Waals surface area contributed by atoms with Crippen molar-refractivity contribution >= 4 is 65.2 Å². The van der Waals surface area contributed by atoms with E-state index in [0.29, 0.717) is 5.82 Å². The lowest BCUT2D eigenvalue weighted by Crippen LogP contribution is -1.96. The summed E-state index contributed by atoms with van der Waals surface area (Å²) < 4.78 is 6.68. The number of nitrogens with zero attached hydrogens (tertiary/aromatic N) is 3. The molecule has 0 aliphatic heterocycles. The fraction of sp³-hybridized carbons (Fsp3) is 0. The minimum absolute atomic E-state index is 0.685. The first kappa shape index (κ1) is 33.2. The molecular formula is C55H33N3O. The number of furan rings is 1. The molecule has 4 heteroatoms. The number of benzene rings is 9. The first-order chi connectivity index (χ1) is 29.2. The van der Waals surface area contributed by atoms with Crippen molar-refractivity contribution in [3.8, 4) is 56.3 Å². The minimum Gasteiger partial charge on any atom is -0.455 e. The first-order valence-electron chi connectivity index (χ1n) is 19.9. The van der Waals surface area contributed by atoms with Gasteiger partial charge >= 0.3 is 0 Å². The van der Waals surface area contributed by atoms with Gasteiger partial charge in [-0.25, -0.2) is 15.0 Å². The maximum Gasteiger partial charge on any atom is 0.160 e. The van der Waals surface area contributed by atoms with E-state index in [-0.39, 0.29) is 0 Å². The Morgan fingerprint density at radius 3 is 1.44 bits per heavy atom. The van der Waals surface area contributed by atoms with Crippen LogP contribution >= 0.6 is 0 Å². The quantitative estimate of drug-likeness (QED) is 0.164. The third-order valence-corrected chi connectivity index (χ3v) is 11.7. The molecule has 12 rings (SSSR count). The molecule has 274 valence electrons. The van der Waals surface area contributed by atoms with Gasteiger partial charge in [-0.05, 0) is 73.8 Å². The van der Waals surface area contributed by atoms with Crippen LogP contribution in [0.25, 0.3) is 121 Å². The molecule has 9 aromatic carbocycles. The summed E-state index contributed by atoms with van der Waals surface area (Å²) in [4.78, 5) is 15.6. The van der Waals surface area contributed by atoms with Crippen LogP contribution in [-0.4, -0.2) is 15.0 Å². The van der Waals surface area contributed by atoms with Crippen LogP contribution in [0, 0.1) is 0 Å². The molecule has 4 nitrogen and oxygen atoms in total. The molecule has 0 atom stereocenters. The molecule has 0 fully saturated rings. The van der Waals surface area contributed by atoms with Crippen molar-refractivity contribution in [3.05, 3.63) is 200 Å². The molecule has 0 aliphatic carbocycles. The number of aromatic nitrogens is 3. The first-order valence-corrected chi connectivity index (χ1v) is 19.9. The summed E-state index contributed by atoms with van der Waals surface area (Å²) in [6.45, 7) is 0. The summed E-state index contributed by atoms with van der Waals surface area (Å²) in [6, 6.07) is 70.2. The summed E-state index contributed by atoms with van der Waals surface area (Å²) in [7, 11) is 0. The van der Waals surface area contributed by atoms with Gasteiger partial charge in [-0.1, -0.05) is 170 Å². The van der Waals surface area contributed by atoms with E-state index in [1.54, 1.807) is 0 Å². The Morgan fingerprint density at radius 2 is 0.797 bits per heavy atom. The van der Waals surface area contributed by atoms with E-state index in [1.165, 1.54) is 32.3 Å². The Labute approximate surface area is 339 Å². The highest BCUT2D eigenvalue weighted by Gasteiger charge is 2.20. The van der Waals surface area contributed by atoms with Crippen LogP contribution in [0.2, 0.25) is 0 Å². The van der Waals surface area contributed by atoms with Crippen LogP contribution in [0.4, 0.5) is 0 Å². The molecule has 0 spiro atoms. The lowest BCUT2D eigenvalue weighted by Gasteiger charge is -2.13. The molecule has 3 heterocycles. The standard InChI is InChI=1S/C55H33N3O/c1-3-13-35(14-4-1)48-33-49(36-15-5-2-6-16-36)58-55(57-48)37-25-23-34(24-26-37)38-27-30-45-50(32-38)56-53(52-46-21-11-12-22-51(46)59-54(45)52)39-28-29-44-42-19-8-7-17-40(42)41-18-9-10-20-43(41)47(44)31-39/h1-33H. The van der Waals surface area contributed by atoms with Gasteiger partial charge in [0, 0.05) is 33.0 Å². The van der Waals surface area contributed by atoms with Gasteiger partial charge in [-0.3, -0.25) is 0 Å². The van der Waals surface area contributed by atoms with Crippen LogP contribution in [0.3, 0.4) is 0 Å². The monoisotopic (exact) mass is 751 g/mol. The highest BCUT2D eigenvalue weighted by Crippen LogP contribution is 2.43. The van der Waals surface area contributed by atoms with Gasteiger partial charge in [0.15, 0.2) is 5.82 Å². The van der Waals surface area contributed by atoms with Crippen LogP contribution < -0.4 is 0 Å². The van der Waals surface area contributed by atoms with Crippen molar-refractivity contribution < 1.29 is 4.42 Å². The topological polar surface area (TPSA) is 51.8 Å². The average molecular weight is 752 g/mol. The Bertz CT molecular complexity index is 3500. The molecule has 12 aromatic rings. The molecule has 3 aromatic heterocycles. The van der Waals surface area contributed by atoms with Crippen molar-refractivity contribution in [1.82, 2.24) is 15.0 Å². The maximum absolute atomic E-state index is 6.68. The predicted octanol–water partition coefficient (Wildman–Crippen LogP) is 14.7. The summed E-state index contributed by atoms with van der Waals surface area (Å²) in [6.07, 6.45) is 0. The van der Waals surface area contributed by atoms with Crippen molar-refractivity contribution in [2.24, 2.45) is 0 Å². The Hall–Kier alpha value is -7.95. The average Bonchev–Trinajstić information content (AvgIpc) is 3.72. The Balaban J connectivity index is 1.00. The molecule has 0 N–H and O–H groups in total. The van der Waals surface area contributed by atoms with Gasteiger partial charge in [0.1, 0.15) is 11.2 Å². The number of pyridine rings is 1. The van der Waals surface area contributed by atoms with Gasteiger partial charge in [-0.15, -0.1) is 0 Å². The molecule has 59 heavy (non-hydrogen) atoms. The Kier molecular flexibility index (Phi) is 7.50. The smallest absolute Gasteiger partial charge is 0.160 e. The highest BCUT2D eigenvalue weighted by molar-refractivity contribution is 6.26. The van der Waals surface area contributed by atoms with Gasteiger partial charge in [-0.2, -0.15) is 0 Å². The normalized spacial score (nSPS) is 11.7. The third kappa shape index (κ3) is 5.49. The molecule has 0 saturated heterocycles. The van der Waals surface area contributed by atoms with Gasteiger partial charge in [0.2, 0.25) is 0 Å². The summed E-state index contributed by atoms with van der Waals surface area (Å²) >= 11 is 0. The zero-order valence-electron chi connectivity index (χ0n) is 31.8. The van der Waals surface area contributed by atoms with E-state index in [0.717, 1.165) is 83.3 Å². The van der Waals surface area contributed by atoms with Gasteiger partial charge in [0.05, 0.1) is 28.0 Å². The van der Waals surface area contributed by atoms with Gasteiger partial charge < -0.3 is 4.42 Å². The van der Waals surface area contributed by atoms with E-state index in [4.69, 9.17) is 19.4 Å². The molecule has 0 saturated carbocycles. The number of rotatable bonds is 5. The molecule has 0 unspecified atom stereocenters. The lowest BCUT2D eigenvalue weighted by atomic mass is 9.92. The van der Waals surface area contributed by atoms with Crippen LogP contribution in [0.1, 0.15) is 0 Å². The van der Waals surface area contributed by atoms with E-state index in [9.17, 15) is 0 Å². The zero-order valence-corrected chi connectivity index (χ0v) is 31.8. The largest absolute Gasteiger partial charge is 0.455 e. The number of hydrogen-bond acceptors (Lipinski definition) is 4. The second-order valence-electron chi connectivity index (χ2n) is 15.1. The summed E-state index contributed by atoms with van der Waals surface area (Å²) in [5.74, 6) is 0.685. The minimum atomic E-state index is 0.685. The van der Waals surface area contributed by atoms with Crippen molar-refractivity contribution in [1.29, 1.82) is 0 Å². The van der Waals surface area contributed by atoms with E-state index < -0.39 is 0 Å². The fourth-order valence-corrected chi connectivity index (χ4v) is 8.81. The van der Waals surface area contributed by atoms with Crippen LogP contribution in [-0.2, 0) is 0 Å². The molecular weight excluding hydrogens is 719 g/mol. The number of para-hydroxylation sites is 1. The molecule has 0 amide bonds. The second kappa shape index (κ2) is 13.3. The van der Waals surface area contributed by atoms with E-state index >= 15 is 0 Å². The summed E-state index contributed by atoms with van der Waals surface area (Å²) in [5.41, 5.74) is 11.5. The maximum atomic E-state index is 6.68. The number of hydrogen-bond donors (Lipinski definition) is 0. The molecule has 0 bridgehead atoms. The van der Waals surface area contributed by atoms with E-state index in [2.05, 4.69) is 152 Å². The second-order valence-corrected chi connectivity index (χ2v) is 15.1. The lowest BCUT2D eigenvalue weighted by molar-refractivity contribution is 0.672. The van der Waals surface area contributed by atoms with Crippen molar-refractivity contribution in [3.63, 3.8) is 0 Å². The van der Waals surface area contributed by atoms with Crippen LogP contribution in [0.5, 0.6) is 0 Å². The Morgan fingerprint density at radius 1 is 0.305 bits per heavy atom. The molecule has 0 aliphatic rings. The van der Waals surface area contributed by atoms with E-state index in [1.807, 2.05) is 48.5 Å². The predicted molar refractivity (Wildman–Crippen MR) is 244 cm³/mol. The SMILES string of the molecule is c1ccc(-c2cc(-c3ccccc3)nc(-c3ccc(-c4ccc5c(c4)nc(-c4ccc6c7ccccc7c7ccccc7c6c4)c4c6ccccc6oc54)cc3)n2)cc1. The van der Waals surface area contributed by atoms with Crippen molar-refractivity contribution in [2.75, 3.05) is 0 Å². The highest BCUT2D eigenvalue weighted by atomic mass is 16.3. The van der Waals surface area contributed by atoms with Gasteiger partial charge in [0.25, 0.3) is 0 Å². The number of fused-ring (bicyclic) bond motifs is 11. The van der Waals surface area contributed by atoms with Crippen LogP contribution in [0.15, 0.2) is 205 Å². The summed E-state index contributed by atoms with van der Waals surface area (Å²) in [5, 5.41) is 10.5. The molecule has 0 radical (unpaired) electrons. The zero-order chi connectivity index (χ0) is 38.9. The third-order valence-electron chi connectivity index (χ3n) is 11.7. The van der Waals surface area contributed by atoms with Crippen molar-refractivity contribution in [2.45, 2.75) is 0 Å². The fourth-order valence-electron chi connectivity index (χ4n) is 8.81.